The van der Waals surface area contributed by atoms with Gasteiger partial charge in [0.15, 0.2) is 17.6 Å². The second-order valence-corrected chi connectivity index (χ2v) is 5.49. The number of fused-ring (bicyclic) bond motifs is 1. The number of carbonyl (C=O) groups is 3. The number of hydrogen-bond donors (Lipinski definition) is 2. The molecule has 9 nitrogen and oxygen atoms in total. The van der Waals surface area contributed by atoms with Crippen LogP contribution in [0.1, 0.15) is 19.8 Å². The Morgan fingerprint density at radius 2 is 2.00 bits per heavy atom. The molecule has 0 unspecified atom stereocenters. The third-order valence-electron chi connectivity index (χ3n) is 3.60. The largest absolute Gasteiger partial charge is 0.486 e. The summed E-state index contributed by atoms with van der Waals surface area (Å²) in [5.41, 5.74) is 2.79. The van der Waals surface area contributed by atoms with E-state index in [0.29, 0.717) is 30.4 Å². The molecule has 0 saturated carbocycles. The Kier molecular flexibility index (Phi) is 4.82. The molecular weight excluding hydrogens is 330 g/mol. The summed E-state index contributed by atoms with van der Waals surface area (Å²) in [6.45, 7) is 2.38. The highest BCUT2D eigenvalue weighted by Crippen LogP contribution is 2.32. The number of anilines is 1. The maximum Gasteiger partial charge on any atom is 0.355 e. The standard InChI is InChI=1S/C16H17N3O6/c1-9(25-16(22)11-3-5-14(20)19-18-11)15(21)17-10-2-4-12-13(8-10)24-7-6-23-12/h2,4,8-9H,3,5-7H2,1H3,(H,17,21)(H,19,20)/t9-/m1/s1. The van der Waals surface area contributed by atoms with Crippen LogP contribution in [0.2, 0.25) is 0 Å². The summed E-state index contributed by atoms with van der Waals surface area (Å²) < 4.78 is 15.9. The van der Waals surface area contributed by atoms with Gasteiger partial charge in [-0.25, -0.2) is 10.2 Å². The van der Waals surface area contributed by atoms with Gasteiger partial charge in [0.2, 0.25) is 5.91 Å². The first-order chi connectivity index (χ1) is 12.0. The third-order valence-corrected chi connectivity index (χ3v) is 3.60. The summed E-state index contributed by atoms with van der Waals surface area (Å²) >= 11 is 0. The van der Waals surface area contributed by atoms with Crippen LogP contribution in [0.4, 0.5) is 5.69 Å². The highest BCUT2D eigenvalue weighted by Gasteiger charge is 2.24. The van der Waals surface area contributed by atoms with Crippen LogP contribution in [0.3, 0.4) is 0 Å². The number of amides is 2. The Morgan fingerprint density at radius 1 is 1.24 bits per heavy atom. The van der Waals surface area contributed by atoms with Crippen molar-refractivity contribution in [3.63, 3.8) is 0 Å². The van der Waals surface area contributed by atoms with Gasteiger partial charge in [-0.05, 0) is 19.1 Å². The number of rotatable bonds is 4. The lowest BCUT2D eigenvalue weighted by atomic mass is 10.2. The van der Waals surface area contributed by atoms with Crippen molar-refractivity contribution in [1.29, 1.82) is 0 Å². The zero-order chi connectivity index (χ0) is 17.8. The van der Waals surface area contributed by atoms with Crippen LogP contribution in [0.15, 0.2) is 23.3 Å². The van der Waals surface area contributed by atoms with Gasteiger partial charge in [-0.3, -0.25) is 9.59 Å². The van der Waals surface area contributed by atoms with E-state index in [1.165, 1.54) is 6.92 Å². The van der Waals surface area contributed by atoms with E-state index in [1.807, 2.05) is 0 Å². The average Bonchev–Trinajstić information content (AvgIpc) is 2.62. The van der Waals surface area contributed by atoms with E-state index in [9.17, 15) is 14.4 Å². The van der Waals surface area contributed by atoms with Gasteiger partial charge in [-0.2, -0.15) is 5.10 Å². The molecule has 0 bridgehead atoms. The Hall–Kier alpha value is -3.10. The Bertz CT molecular complexity index is 745. The van der Waals surface area contributed by atoms with Crippen LogP contribution in [-0.2, 0) is 19.1 Å². The number of ether oxygens (including phenoxy) is 3. The first-order valence-corrected chi connectivity index (χ1v) is 7.80. The quantitative estimate of drug-likeness (QED) is 0.771. The van der Waals surface area contributed by atoms with Gasteiger partial charge in [0, 0.05) is 24.6 Å². The molecule has 1 atom stereocenters. The number of benzene rings is 1. The third kappa shape index (κ3) is 4.06. The molecule has 3 rings (SSSR count). The first kappa shape index (κ1) is 16.7. The van der Waals surface area contributed by atoms with Crippen molar-refractivity contribution in [3.8, 4) is 11.5 Å². The zero-order valence-corrected chi connectivity index (χ0v) is 13.5. The van der Waals surface area contributed by atoms with E-state index < -0.39 is 18.0 Å². The van der Waals surface area contributed by atoms with Crippen LogP contribution >= 0.6 is 0 Å². The Labute approximate surface area is 143 Å². The molecule has 0 aliphatic carbocycles. The predicted molar refractivity (Wildman–Crippen MR) is 86.4 cm³/mol. The van der Waals surface area contributed by atoms with Crippen molar-refractivity contribution in [2.24, 2.45) is 5.10 Å². The number of esters is 1. The second-order valence-electron chi connectivity index (χ2n) is 5.49. The molecule has 2 aliphatic rings. The topological polar surface area (TPSA) is 115 Å². The van der Waals surface area contributed by atoms with E-state index in [4.69, 9.17) is 14.2 Å². The monoisotopic (exact) mass is 347 g/mol. The Morgan fingerprint density at radius 3 is 2.72 bits per heavy atom. The minimum absolute atomic E-state index is 0.0820. The van der Waals surface area contributed by atoms with Crippen molar-refractivity contribution < 1.29 is 28.6 Å². The smallest absolute Gasteiger partial charge is 0.355 e. The maximum atomic E-state index is 12.2. The lowest BCUT2D eigenvalue weighted by Crippen LogP contribution is -2.35. The summed E-state index contributed by atoms with van der Waals surface area (Å²) in [6, 6.07) is 5.00. The molecule has 1 aromatic carbocycles. The predicted octanol–water partition coefficient (Wildman–Crippen LogP) is 0.594. The van der Waals surface area contributed by atoms with Crippen molar-refractivity contribution in [1.82, 2.24) is 5.43 Å². The Balaban J connectivity index is 1.57. The van der Waals surface area contributed by atoms with Gasteiger partial charge >= 0.3 is 5.97 Å². The molecule has 132 valence electrons. The van der Waals surface area contributed by atoms with E-state index in [0.717, 1.165) is 0 Å². The van der Waals surface area contributed by atoms with Crippen molar-refractivity contribution in [2.45, 2.75) is 25.9 Å². The van der Waals surface area contributed by atoms with Gasteiger partial charge in [-0.15, -0.1) is 0 Å². The van der Waals surface area contributed by atoms with Gasteiger partial charge in [0.25, 0.3) is 5.91 Å². The molecular formula is C16H17N3O6. The van der Waals surface area contributed by atoms with Crippen LogP contribution in [0.5, 0.6) is 11.5 Å². The fraction of sp³-hybridized carbons (Fsp3) is 0.375. The molecule has 25 heavy (non-hydrogen) atoms. The molecule has 2 heterocycles. The summed E-state index contributed by atoms with van der Waals surface area (Å²) in [7, 11) is 0. The lowest BCUT2D eigenvalue weighted by Gasteiger charge is -2.19. The van der Waals surface area contributed by atoms with Gasteiger partial charge in [0.05, 0.1) is 0 Å². The minimum atomic E-state index is -1.03. The van der Waals surface area contributed by atoms with Crippen LogP contribution in [-0.4, -0.2) is 42.8 Å². The summed E-state index contributed by atoms with van der Waals surface area (Å²) in [5, 5.41) is 6.28. The molecule has 2 amide bonds. The maximum absolute atomic E-state index is 12.2. The number of hydrazone groups is 1. The lowest BCUT2D eigenvalue weighted by molar-refractivity contribution is -0.146. The SMILES string of the molecule is C[C@@H](OC(=O)C1=NNC(=O)CC1)C(=O)Nc1ccc2c(c1)OCCO2. The summed E-state index contributed by atoms with van der Waals surface area (Å²) in [5.74, 6) is -0.335. The van der Waals surface area contributed by atoms with Crippen LogP contribution in [0, 0.1) is 0 Å². The molecule has 0 radical (unpaired) electrons. The van der Waals surface area contributed by atoms with Crippen molar-refractivity contribution in [3.05, 3.63) is 18.2 Å². The molecule has 2 aliphatic heterocycles. The molecule has 0 fully saturated rings. The normalized spacial score (nSPS) is 17.0. The number of nitrogens with zero attached hydrogens (tertiary/aromatic N) is 1. The fourth-order valence-electron chi connectivity index (χ4n) is 2.27. The highest BCUT2D eigenvalue weighted by atomic mass is 16.6. The van der Waals surface area contributed by atoms with E-state index in [2.05, 4.69) is 15.8 Å². The molecule has 2 N–H and O–H groups in total. The molecule has 0 aromatic heterocycles. The van der Waals surface area contributed by atoms with E-state index in [1.54, 1.807) is 18.2 Å². The van der Waals surface area contributed by atoms with Crippen LogP contribution < -0.4 is 20.2 Å². The second kappa shape index (κ2) is 7.20. The molecule has 1 aromatic rings. The zero-order valence-electron chi connectivity index (χ0n) is 13.5. The summed E-state index contributed by atoms with van der Waals surface area (Å²) in [4.78, 5) is 35.1. The van der Waals surface area contributed by atoms with Gasteiger partial charge in [0.1, 0.15) is 18.9 Å². The van der Waals surface area contributed by atoms with E-state index in [-0.39, 0.29) is 24.5 Å². The minimum Gasteiger partial charge on any atom is -0.486 e. The van der Waals surface area contributed by atoms with Gasteiger partial charge < -0.3 is 19.5 Å². The average molecular weight is 347 g/mol. The van der Waals surface area contributed by atoms with Crippen molar-refractivity contribution >= 4 is 29.2 Å². The molecule has 0 spiro atoms. The number of hydrogen-bond acceptors (Lipinski definition) is 7. The number of nitrogens with one attached hydrogen (secondary N) is 2. The molecule has 0 saturated heterocycles. The first-order valence-electron chi connectivity index (χ1n) is 7.80. The van der Waals surface area contributed by atoms with Crippen LogP contribution in [0.25, 0.3) is 0 Å². The van der Waals surface area contributed by atoms with E-state index >= 15 is 0 Å². The van der Waals surface area contributed by atoms with Crippen molar-refractivity contribution in [2.75, 3.05) is 18.5 Å². The highest BCUT2D eigenvalue weighted by molar-refractivity contribution is 6.37. The number of carbonyl (C=O) groups excluding carboxylic acids is 3. The fourth-order valence-corrected chi connectivity index (χ4v) is 2.27. The molecule has 9 heteroatoms. The summed E-state index contributed by atoms with van der Waals surface area (Å²) in [6.07, 6.45) is -0.687. The van der Waals surface area contributed by atoms with Gasteiger partial charge in [-0.1, -0.05) is 0 Å².